The van der Waals surface area contributed by atoms with Crippen LogP contribution in [0.25, 0.3) is 0 Å². The molecule has 0 spiro atoms. The summed E-state index contributed by atoms with van der Waals surface area (Å²) in [6, 6.07) is 7.57. The van der Waals surface area contributed by atoms with E-state index >= 15 is 0 Å². The number of sulfonamides is 1. The molecule has 4 heteroatoms. The molecule has 0 fully saturated rings. The van der Waals surface area contributed by atoms with Crippen LogP contribution in [0.5, 0.6) is 0 Å². The van der Waals surface area contributed by atoms with Crippen molar-refractivity contribution in [2.75, 3.05) is 6.54 Å². The van der Waals surface area contributed by atoms with Gasteiger partial charge in [-0.25, -0.2) is 13.1 Å². The number of aryl methyl sites for hydroxylation is 1. The Labute approximate surface area is 97.9 Å². The fourth-order valence-electron chi connectivity index (χ4n) is 1.37. The zero-order valence-corrected chi connectivity index (χ0v) is 10.8. The maximum atomic E-state index is 11.7. The van der Waals surface area contributed by atoms with E-state index in [1.807, 2.05) is 45.0 Å². The van der Waals surface area contributed by atoms with Crippen LogP contribution in [0.1, 0.15) is 25.0 Å². The van der Waals surface area contributed by atoms with Gasteiger partial charge in [0.05, 0.1) is 5.75 Å². The van der Waals surface area contributed by atoms with Gasteiger partial charge in [-0.15, -0.1) is 0 Å². The molecule has 16 heavy (non-hydrogen) atoms. The Morgan fingerprint density at radius 2 is 2.00 bits per heavy atom. The highest BCUT2D eigenvalue weighted by atomic mass is 32.2. The van der Waals surface area contributed by atoms with Crippen molar-refractivity contribution in [3.63, 3.8) is 0 Å². The molecule has 0 saturated carbocycles. The Kier molecular flexibility index (Phi) is 4.50. The molecule has 0 aliphatic carbocycles. The first-order chi connectivity index (χ1) is 7.39. The molecule has 1 aromatic rings. The fourth-order valence-corrected chi connectivity index (χ4v) is 2.67. The van der Waals surface area contributed by atoms with E-state index in [0.717, 1.165) is 11.1 Å². The maximum absolute atomic E-state index is 11.7. The molecule has 1 N–H and O–H groups in total. The van der Waals surface area contributed by atoms with E-state index in [0.29, 0.717) is 12.5 Å². The second kappa shape index (κ2) is 5.46. The molecule has 90 valence electrons. The van der Waals surface area contributed by atoms with E-state index in [1.54, 1.807) is 0 Å². The zero-order chi connectivity index (χ0) is 12.2. The summed E-state index contributed by atoms with van der Waals surface area (Å²) in [6.07, 6.45) is 0. The van der Waals surface area contributed by atoms with Gasteiger partial charge < -0.3 is 0 Å². The first-order valence-electron chi connectivity index (χ1n) is 5.42. The summed E-state index contributed by atoms with van der Waals surface area (Å²) < 4.78 is 26.0. The smallest absolute Gasteiger partial charge is 0.215 e. The number of rotatable bonds is 5. The predicted molar refractivity (Wildman–Crippen MR) is 66.6 cm³/mol. The molecule has 3 nitrogen and oxygen atoms in total. The number of benzene rings is 1. The molecule has 0 amide bonds. The third-order valence-electron chi connectivity index (χ3n) is 2.15. The quantitative estimate of drug-likeness (QED) is 0.857. The third-order valence-corrected chi connectivity index (χ3v) is 3.47. The van der Waals surface area contributed by atoms with Crippen LogP contribution in [0.3, 0.4) is 0 Å². The van der Waals surface area contributed by atoms with Crippen LogP contribution >= 0.6 is 0 Å². The Hall–Kier alpha value is -0.870. The molecule has 0 aromatic heterocycles. The van der Waals surface area contributed by atoms with Gasteiger partial charge in [0.2, 0.25) is 10.0 Å². The summed E-state index contributed by atoms with van der Waals surface area (Å²) in [5, 5.41) is 0. The second-order valence-electron chi connectivity index (χ2n) is 4.49. The summed E-state index contributed by atoms with van der Waals surface area (Å²) in [6.45, 7) is 6.41. The van der Waals surface area contributed by atoms with Crippen LogP contribution in [0.4, 0.5) is 0 Å². The van der Waals surface area contributed by atoms with Gasteiger partial charge in [-0.05, 0) is 18.4 Å². The topological polar surface area (TPSA) is 46.2 Å². The molecule has 0 radical (unpaired) electrons. The lowest BCUT2D eigenvalue weighted by Gasteiger charge is -2.09. The predicted octanol–water partition coefficient (Wildman–Crippen LogP) is 2.07. The van der Waals surface area contributed by atoms with Crippen LogP contribution in [-0.2, 0) is 15.8 Å². The molecule has 0 saturated heterocycles. The van der Waals surface area contributed by atoms with Crippen molar-refractivity contribution in [3.05, 3.63) is 35.4 Å². The van der Waals surface area contributed by atoms with E-state index in [4.69, 9.17) is 0 Å². The van der Waals surface area contributed by atoms with Crippen LogP contribution < -0.4 is 4.72 Å². The van der Waals surface area contributed by atoms with Gasteiger partial charge in [0, 0.05) is 6.54 Å². The molecule has 0 atom stereocenters. The van der Waals surface area contributed by atoms with E-state index in [-0.39, 0.29) is 5.75 Å². The maximum Gasteiger partial charge on any atom is 0.215 e. The zero-order valence-electron chi connectivity index (χ0n) is 10.0. The van der Waals surface area contributed by atoms with Gasteiger partial charge in [-0.2, -0.15) is 0 Å². The average Bonchev–Trinajstić information content (AvgIpc) is 2.14. The number of hydrogen-bond donors (Lipinski definition) is 1. The number of hydrogen-bond acceptors (Lipinski definition) is 2. The van der Waals surface area contributed by atoms with Crippen molar-refractivity contribution in [3.8, 4) is 0 Å². The standard InChI is InChI=1S/C12H19NO2S/c1-10(2)8-13-16(14,15)9-12-6-4-5-11(3)7-12/h4-7,10,13H,8-9H2,1-3H3. The summed E-state index contributed by atoms with van der Waals surface area (Å²) in [4.78, 5) is 0. The third kappa shape index (κ3) is 4.77. The monoisotopic (exact) mass is 241 g/mol. The minimum Gasteiger partial charge on any atom is -0.215 e. The average molecular weight is 241 g/mol. The molecular weight excluding hydrogens is 222 g/mol. The largest absolute Gasteiger partial charge is 0.215 e. The Morgan fingerprint density at radius 3 is 2.56 bits per heavy atom. The molecule has 1 aromatic carbocycles. The Balaban J connectivity index is 2.66. The van der Waals surface area contributed by atoms with Gasteiger partial charge in [0.15, 0.2) is 0 Å². The minimum absolute atomic E-state index is 0.0569. The Morgan fingerprint density at radius 1 is 1.31 bits per heavy atom. The molecule has 0 bridgehead atoms. The lowest BCUT2D eigenvalue weighted by molar-refractivity contribution is 0.559. The van der Waals surface area contributed by atoms with Crippen LogP contribution in [0.2, 0.25) is 0 Å². The summed E-state index contributed by atoms with van der Waals surface area (Å²) >= 11 is 0. The van der Waals surface area contributed by atoms with Crippen LogP contribution in [0, 0.1) is 12.8 Å². The van der Waals surface area contributed by atoms with E-state index < -0.39 is 10.0 Å². The summed E-state index contributed by atoms with van der Waals surface area (Å²) in [7, 11) is -3.20. The molecule has 0 aliphatic rings. The molecule has 0 unspecified atom stereocenters. The van der Waals surface area contributed by atoms with Gasteiger partial charge >= 0.3 is 0 Å². The van der Waals surface area contributed by atoms with E-state index in [1.165, 1.54) is 0 Å². The molecule has 0 heterocycles. The lowest BCUT2D eigenvalue weighted by Crippen LogP contribution is -2.28. The highest BCUT2D eigenvalue weighted by molar-refractivity contribution is 7.88. The van der Waals surface area contributed by atoms with E-state index in [2.05, 4.69) is 4.72 Å². The second-order valence-corrected chi connectivity index (χ2v) is 6.30. The number of nitrogens with one attached hydrogen (secondary N) is 1. The lowest BCUT2D eigenvalue weighted by atomic mass is 10.2. The first kappa shape index (κ1) is 13.2. The summed E-state index contributed by atoms with van der Waals surface area (Å²) in [5.41, 5.74) is 1.91. The highest BCUT2D eigenvalue weighted by Gasteiger charge is 2.11. The SMILES string of the molecule is Cc1cccc(CS(=O)(=O)NCC(C)C)c1. The van der Waals surface area contributed by atoms with Crippen molar-refractivity contribution in [2.45, 2.75) is 26.5 Å². The van der Waals surface area contributed by atoms with Gasteiger partial charge in [-0.3, -0.25) is 0 Å². The fraction of sp³-hybridized carbons (Fsp3) is 0.500. The van der Waals surface area contributed by atoms with Crippen molar-refractivity contribution in [1.82, 2.24) is 4.72 Å². The minimum atomic E-state index is -3.20. The van der Waals surface area contributed by atoms with Crippen molar-refractivity contribution < 1.29 is 8.42 Å². The van der Waals surface area contributed by atoms with Crippen LogP contribution in [-0.4, -0.2) is 15.0 Å². The van der Waals surface area contributed by atoms with Gasteiger partial charge in [0.25, 0.3) is 0 Å². The molecule has 0 aliphatic heterocycles. The van der Waals surface area contributed by atoms with Crippen molar-refractivity contribution >= 4 is 10.0 Å². The highest BCUT2D eigenvalue weighted by Crippen LogP contribution is 2.07. The summed E-state index contributed by atoms with van der Waals surface area (Å²) in [5.74, 6) is 0.383. The molecular formula is C12H19NO2S. The van der Waals surface area contributed by atoms with Gasteiger partial charge in [-0.1, -0.05) is 43.7 Å². The normalized spacial score (nSPS) is 12.0. The van der Waals surface area contributed by atoms with Crippen LogP contribution in [0.15, 0.2) is 24.3 Å². The molecule has 1 rings (SSSR count). The first-order valence-corrected chi connectivity index (χ1v) is 7.07. The van der Waals surface area contributed by atoms with Crippen molar-refractivity contribution in [2.24, 2.45) is 5.92 Å². The van der Waals surface area contributed by atoms with Gasteiger partial charge in [0.1, 0.15) is 0 Å². The van der Waals surface area contributed by atoms with Crippen molar-refractivity contribution in [1.29, 1.82) is 0 Å². The Bertz CT molecular complexity index is 438. The van der Waals surface area contributed by atoms with E-state index in [9.17, 15) is 8.42 Å².